The van der Waals surface area contributed by atoms with Gasteiger partial charge in [0.1, 0.15) is 11.6 Å². The smallest absolute Gasteiger partial charge is 0.343 e. The number of ether oxygens (including phenoxy) is 4. The van der Waals surface area contributed by atoms with Gasteiger partial charge in [0.05, 0.1) is 26.9 Å². The molecule has 0 saturated carbocycles. The molecule has 0 aliphatic carbocycles. The third kappa shape index (κ3) is 4.41. The van der Waals surface area contributed by atoms with Crippen LogP contribution in [0.1, 0.15) is 26.3 Å². The predicted molar refractivity (Wildman–Crippen MR) is 107 cm³/mol. The van der Waals surface area contributed by atoms with Crippen LogP contribution in [0.2, 0.25) is 0 Å². The molecule has 0 radical (unpaired) electrons. The normalized spacial score (nSPS) is 10.3. The van der Waals surface area contributed by atoms with E-state index in [4.69, 9.17) is 18.9 Å². The van der Waals surface area contributed by atoms with Gasteiger partial charge in [-0.05, 0) is 60.7 Å². The number of carbonyl (C=O) groups excluding carboxylic acids is 2. The van der Waals surface area contributed by atoms with E-state index in [2.05, 4.69) is 0 Å². The van der Waals surface area contributed by atoms with Crippen LogP contribution >= 0.6 is 0 Å². The summed E-state index contributed by atoms with van der Waals surface area (Å²) in [4.78, 5) is 25.0. The number of ketones is 1. The first-order chi connectivity index (χ1) is 14.5. The molecule has 7 heteroatoms. The summed E-state index contributed by atoms with van der Waals surface area (Å²) in [5, 5.41) is 0. The maximum atomic E-state index is 13.0. The maximum Gasteiger partial charge on any atom is 0.343 e. The second kappa shape index (κ2) is 9.09. The molecule has 3 aromatic rings. The molecule has 0 aliphatic heterocycles. The Hall–Kier alpha value is -3.87. The Kier molecular flexibility index (Phi) is 6.32. The highest BCUT2D eigenvalue weighted by molar-refractivity contribution is 6.09. The molecule has 3 aromatic carbocycles. The molecule has 0 fully saturated rings. The van der Waals surface area contributed by atoms with E-state index >= 15 is 0 Å². The minimum atomic E-state index is -0.633. The Balaban J connectivity index is 1.77. The largest absolute Gasteiger partial charge is 0.493 e. The summed E-state index contributed by atoms with van der Waals surface area (Å²) in [7, 11) is 4.36. The average Bonchev–Trinajstić information content (AvgIpc) is 2.78. The van der Waals surface area contributed by atoms with E-state index in [0.29, 0.717) is 28.4 Å². The first-order valence-electron chi connectivity index (χ1n) is 8.89. The highest BCUT2D eigenvalue weighted by Gasteiger charge is 2.18. The molecule has 0 aliphatic rings. The fourth-order valence-electron chi connectivity index (χ4n) is 2.81. The lowest BCUT2D eigenvalue weighted by Gasteiger charge is -2.13. The molecule has 0 spiro atoms. The van der Waals surface area contributed by atoms with E-state index in [1.54, 1.807) is 0 Å². The first kappa shape index (κ1) is 20.9. The molecule has 3 rings (SSSR count). The number of hydrogen-bond donors (Lipinski definition) is 0. The quantitative estimate of drug-likeness (QED) is 0.329. The molecule has 0 saturated heterocycles. The zero-order valence-electron chi connectivity index (χ0n) is 16.6. The predicted octanol–water partition coefficient (Wildman–Crippen LogP) is 4.30. The highest BCUT2D eigenvalue weighted by Crippen LogP contribution is 2.38. The molecule has 0 amide bonds. The van der Waals surface area contributed by atoms with Crippen molar-refractivity contribution in [1.29, 1.82) is 0 Å². The number of benzene rings is 3. The fraction of sp³-hybridized carbons (Fsp3) is 0.130. The molecular formula is C23H19FO6. The molecule has 0 unspecified atom stereocenters. The fourth-order valence-corrected chi connectivity index (χ4v) is 2.81. The molecule has 0 N–H and O–H groups in total. The Morgan fingerprint density at radius 2 is 1.20 bits per heavy atom. The van der Waals surface area contributed by atoms with Gasteiger partial charge in [0.15, 0.2) is 17.3 Å². The molecule has 0 heterocycles. The Morgan fingerprint density at radius 1 is 0.700 bits per heavy atom. The van der Waals surface area contributed by atoms with Gasteiger partial charge >= 0.3 is 5.97 Å². The molecule has 0 aromatic heterocycles. The summed E-state index contributed by atoms with van der Waals surface area (Å²) < 4.78 is 34.1. The standard InChI is InChI=1S/C23H19FO6/c1-27-19-12-16(13-20(28-2)22(19)29-3)23(26)30-18-10-6-15(7-11-18)21(25)14-4-8-17(24)9-5-14/h4-13H,1-3H3. The van der Waals surface area contributed by atoms with Crippen molar-refractivity contribution in [2.45, 2.75) is 0 Å². The number of rotatable bonds is 7. The van der Waals surface area contributed by atoms with Gasteiger partial charge < -0.3 is 18.9 Å². The maximum absolute atomic E-state index is 13.0. The number of carbonyl (C=O) groups is 2. The minimum absolute atomic E-state index is 0.205. The SMILES string of the molecule is COc1cc(C(=O)Oc2ccc(C(=O)c3ccc(F)cc3)cc2)cc(OC)c1OC. The van der Waals surface area contributed by atoms with Gasteiger partial charge in [-0.3, -0.25) is 4.79 Å². The summed E-state index contributed by atoms with van der Waals surface area (Å²) in [6.07, 6.45) is 0. The van der Waals surface area contributed by atoms with Gasteiger partial charge in [0, 0.05) is 11.1 Å². The van der Waals surface area contributed by atoms with Crippen molar-refractivity contribution in [3.63, 3.8) is 0 Å². The van der Waals surface area contributed by atoms with Crippen molar-refractivity contribution >= 4 is 11.8 Å². The topological polar surface area (TPSA) is 71.1 Å². The second-order valence-corrected chi connectivity index (χ2v) is 6.16. The number of hydrogen-bond acceptors (Lipinski definition) is 6. The minimum Gasteiger partial charge on any atom is -0.493 e. The monoisotopic (exact) mass is 410 g/mol. The lowest BCUT2D eigenvalue weighted by Crippen LogP contribution is -2.10. The average molecular weight is 410 g/mol. The van der Waals surface area contributed by atoms with Gasteiger partial charge in [0.25, 0.3) is 0 Å². The lowest BCUT2D eigenvalue weighted by molar-refractivity contribution is 0.0733. The van der Waals surface area contributed by atoms with Gasteiger partial charge in [-0.15, -0.1) is 0 Å². The molecule has 0 atom stereocenters. The van der Waals surface area contributed by atoms with E-state index in [1.165, 1.54) is 82.0 Å². The highest BCUT2D eigenvalue weighted by atomic mass is 19.1. The summed E-state index contributed by atoms with van der Waals surface area (Å²) in [5.41, 5.74) is 0.948. The molecular weight excluding hydrogens is 391 g/mol. The van der Waals surface area contributed by atoms with Crippen molar-refractivity contribution in [1.82, 2.24) is 0 Å². The van der Waals surface area contributed by atoms with E-state index in [0.717, 1.165) is 0 Å². The van der Waals surface area contributed by atoms with Crippen LogP contribution in [0, 0.1) is 5.82 Å². The van der Waals surface area contributed by atoms with Crippen LogP contribution in [-0.4, -0.2) is 33.1 Å². The first-order valence-corrected chi connectivity index (χ1v) is 8.89. The van der Waals surface area contributed by atoms with Crippen molar-refractivity contribution < 1.29 is 32.9 Å². The number of esters is 1. The Labute approximate surface area is 172 Å². The summed E-state index contributed by atoms with van der Waals surface area (Å²) in [6, 6.07) is 14.3. The van der Waals surface area contributed by atoms with Gasteiger partial charge in [-0.2, -0.15) is 0 Å². The van der Waals surface area contributed by atoms with Crippen molar-refractivity contribution in [2.75, 3.05) is 21.3 Å². The van der Waals surface area contributed by atoms with Crippen molar-refractivity contribution in [3.8, 4) is 23.0 Å². The Morgan fingerprint density at radius 3 is 1.67 bits per heavy atom. The molecule has 0 bridgehead atoms. The summed E-state index contributed by atoms with van der Waals surface area (Å²) in [5.74, 6) is -0.0531. The van der Waals surface area contributed by atoms with Crippen LogP contribution in [-0.2, 0) is 0 Å². The van der Waals surface area contributed by atoms with Crippen LogP contribution in [0.4, 0.5) is 4.39 Å². The number of methoxy groups -OCH3 is 3. The lowest BCUT2D eigenvalue weighted by atomic mass is 10.0. The van der Waals surface area contributed by atoms with E-state index < -0.39 is 11.8 Å². The van der Waals surface area contributed by atoms with Crippen LogP contribution in [0.15, 0.2) is 60.7 Å². The molecule has 154 valence electrons. The third-order valence-corrected chi connectivity index (χ3v) is 4.33. The molecule has 6 nitrogen and oxygen atoms in total. The summed E-state index contributed by atoms with van der Waals surface area (Å²) >= 11 is 0. The van der Waals surface area contributed by atoms with E-state index in [9.17, 15) is 14.0 Å². The third-order valence-electron chi connectivity index (χ3n) is 4.33. The van der Waals surface area contributed by atoms with Crippen molar-refractivity contribution in [2.24, 2.45) is 0 Å². The molecule has 30 heavy (non-hydrogen) atoms. The van der Waals surface area contributed by atoms with Gasteiger partial charge in [-0.1, -0.05) is 0 Å². The van der Waals surface area contributed by atoms with Crippen LogP contribution in [0.25, 0.3) is 0 Å². The number of halogens is 1. The zero-order chi connectivity index (χ0) is 21.7. The Bertz CT molecular complexity index is 1030. The van der Waals surface area contributed by atoms with Crippen molar-refractivity contribution in [3.05, 3.63) is 83.2 Å². The van der Waals surface area contributed by atoms with Crippen LogP contribution in [0.5, 0.6) is 23.0 Å². The van der Waals surface area contributed by atoms with E-state index in [-0.39, 0.29) is 17.1 Å². The van der Waals surface area contributed by atoms with Gasteiger partial charge in [-0.25, -0.2) is 9.18 Å². The zero-order valence-corrected chi connectivity index (χ0v) is 16.6. The van der Waals surface area contributed by atoms with Crippen LogP contribution < -0.4 is 18.9 Å². The second-order valence-electron chi connectivity index (χ2n) is 6.16. The van der Waals surface area contributed by atoms with E-state index in [1.807, 2.05) is 0 Å². The van der Waals surface area contributed by atoms with Crippen LogP contribution in [0.3, 0.4) is 0 Å². The summed E-state index contributed by atoms with van der Waals surface area (Å²) in [6.45, 7) is 0. The van der Waals surface area contributed by atoms with Gasteiger partial charge in [0.2, 0.25) is 5.75 Å².